The highest BCUT2D eigenvalue weighted by Crippen LogP contribution is 2.22. The SMILES string of the molecule is O=Cc1ccnc(N2CCC(Oc3ccc(Cl)cc3)CC2)n1. The van der Waals surface area contributed by atoms with Gasteiger partial charge in [-0.2, -0.15) is 0 Å². The maximum absolute atomic E-state index is 10.8. The fraction of sp³-hybridized carbons (Fsp3) is 0.312. The number of hydrogen-bond acceptors (Lipinski definition) is 5. The minimum atomic E-state index is 0.173. The van der Waals surface area contributed by atoms with Gasteiger partial charge < -0.3 is 9.64 Å². The van der Waals surface area contributed by atoms with E-state index in [0.29, 0.717) is 16.7 Å². The normalized spacial score (nSPS) is 15.6. The van der Waals surface area contributed by atoms with Crippen LogP contribution >= 0.6 is 11.6 Å². The van der Waals surface area contributed by atoms with Crippen molar-refractivity contribution in [3.63, 3.8) is 0 Å². The molecule has 1 aromatic heterocycles. The maximum atomic E-state index is 10.8. The van der Waals surface area contributed by atoms with Gasteiger partial charge in [0.2, 0.25) is 5.95 Å². The third-order valence-electron chi connectivity index (χ3n) is 3.63. The average molecular weight is 318 g/mol. The molecule has 1 aliphatic heterocycles. The molecule has 0 amide bonds. The third kappa shape index (κ3) is 3.54. The van der Waals surface area contributed by atoms with E-state index in [1.54, 1.807) is 12.3 Å². The van der Waals surface area contributed by atoms with Crippen LogP contribution in [0, 0.1) is 0 Å². The summed E-state index contributed by atoms with van der Waals surface area (Å²) >= 11 is 5.87. The van der Waals surface area contributed by atoms with Crippen molar-refractivity contribution in [2.75, 3.05) is 18.0 Å². The first-order valence-electron chi connectivity index (χ1n) is 7.20. The lowest BCUT2D eigenvalue weighted by Crippen LogP contribution is -2.39. The molecule has 0 spiro atoms. The zero-order valence-corrected chi connectivity index (χ0v) is 12.7. The fourth-order valence-electron chi connectivity index (χ4n) is 2.46. The van der Waals surface area contributed by atoms with Gasteiger partial charge in [0.1, 0.15) is 17.5 Å². The van der Waals surface area contributed by atoms with E-state index in [-0.39, 0.29) is 6.10 Å². The highest BCUT2D eigenvalue weighted by Gasteiger charge is 2.22. The molecule has 0 unspecified atom stereocenters. The summed E-state index contributed by atoms with van der Waals surface area (Å²) in [6.45, 7) is 1.61. The van der Waals surface area contributed by atoms with Crippen LogP contribution in [0.2, 0.25) is 5.02 Å². The highest BCUT2D eigenvalue weighted by molar-refractivity contribution is 6.30. The third-order valence-corrected chi connectivity index (χ3v) is 3.88. The summed E-state index contributed by atoms with van der Waals surface area (Å²) in [6, 6.07) is 9.01. The zero-order chi connectivity index (χ0) is 15.4. The number of hydrogen-bond donors (Lipinski definition) is 0. The molecule has 0 saturated carbocycles. The molecule has 3 rings (SSSR count). The van der Waals surface area contributed by atoms with Gasteiger partial charge in [-0.25, -0.2) is 9.97 Å². The van der Waals surface area contributed by atoms with E-state index < -0.39 is 0 Å². The number of aromatic nitrogens is 2. The molecule has 114 valence electrons. The first-order valence-corrected chi connectivity index (χ1v) is 7.58. The number of carbonyl (C=O) groups is 1. The first kappa shape index (κ1) is 14.8. The number of piperidine rings is 1. The van der Waals surface area contributed by atoms with Crippen molar-refractivity contribution in [3.05, 3.63) is 47.2 Å². The van der Waals surface area contributed by atoms with Gasteiger partial charge >= 0.3 is 0 Å². The summed E-state index contributed by atoms with van der Waals surface area (Å²) in [5.74, 6) is 1.44. The quantitative estimate of drug-likeness (QED) is 0.811. The van der Waals surface area contributed by atoms with E-state index in [1.807, 2.05) is 24.3 Å². The Bertz CT molecular complexity index is 640. The fourth-order valence-corrected chi connectivity index (χ4v) is 2.59. The molecule has 1 fully saturated rings. The van der Waals surface area contributed by atoms with E-state index >= 15 is 0 Å². The molecule has 1 aromatic carbocycles. The Kier molecular flexibility index (Phi) is 4.53. The van der Waals surface area contributed by atoms with Crippen molar-refractivity contribution in [2.45, 2.75) is 18.9 Å². The van der Waals surface area contributed by atoms with E-state index in [1.165, 1.54) is 0 Å². The second-order valence-corrected chi connectivity index (χ2v) is 5.59. The Morgan fingerprint density at radius 2 is 1.91 bits per heavy atom. The summed E-state index contributed by atoms with van der Waals surface area (Å²) in [7, 11) is 0. The minimum Gasteiger partial charge on any atom is -0.490 e. The number of halogens is 1. The van der Waals surface area contributed by atoms with E-state index in [9.17, 15) is 4.79 Å². The van der Waals surface area contributed by atoms with Crippen LogP contribution in [0.25, 0.3) is 0 Å². The van der Waals surface area contributed by atoms with Gasteiger partial charge in [-0.15, -0.1) is 0 Å². The van der Waals surface area contributed by atoms with Crippen molar-refractivity contribution in [1.29, 1.82) is 0 Å². The molecule has 6 heteroatoms. The van der Waals surface area contributed by atoms with Gasteiger partial charge in [0.25, 0.3) is 0 Å². The van der Waals surface area contributed by atoms with Crippen LogP contribution in [0.15, 0.2) is 36.5 Å². The predicted octanol–water partition coefficient (Wildman–Crippen LogP) is 2.99. The molecule has 0 atom stereocenters. The molecule has 1 saturated heterocycles. The summed E-state index contributed by atoms with van der Waals surface area (Å²) < 4.78 is 5.96. The van der Waals surface area contributed by atoms with Crippen LogP contribution in [0.1, 0.15) is 23.3 Å². The smallest absolute Gasteiger partial charge is 0.225 e. The van der Waals surface area contributed by atoms with Gasteiger partial charge in [0.15, 0.2) is 6.29 Å². The lowest BCUT2D eigenvalue weighted by molar-refractivity contribution is 0.111. The lowest BCUT2D eigenvalue weighted by atomic mass is 10.1. The van der Waals surface area contributed by atoms with E-state index in [2.05, 4.69) is 14.9 Å². The van der Waals surface area contributed by atoms with Crippen molar-refractivity contribution in [2.24, 2.45) is 0 Å². The Labute approximate surface area is 133 Å². The van der Waals surface area contributed by atoms with Crippen LogP contribution in [0.3, 0.4) is 0 Å². The Morgan fingerprint density at radius 3 is 2.59 bits per heavy atom. The summed E-state index contributed by atoms with van der Waals surface area (Å²) in [6.07, 6.45) is 4.30. The number of ether oxygens (including phenoxy) is 1. The lowest BCUT2D eigenvalue weighted by Gasteiger charge is -2.32. The van der Waals surface area contributed by atoms with Crippen molar-refractivity contribution < 1.29 is 9.53 Å². The molecule has 2 heterocycles. The average Bonchev–Trinajstić information content (AvgIpc) is 2.58. The Balaban J connectivity index is 1.57. The largest absolute Gasteiger partial charge is 0.490 e. The molecule has 2 aromatic rings. The van der Waals surface area contributed by atoms with Gasteiger partial charge in [-0.1, -0.05) is 11.6 Å². The monoisotopic (exact) mass is 317 g/mol. The van der Waals surface area contributed by atoms with Crippen LogP contribution in [-0.2, 0) is 0 Å². The molecular formula is C16H16ClN3O2. The molecule has 22 heavy (non-hydrogen) atoms. The van der Waals surface area contributed by atoms with Crippen molar-refractivity contribution in [3.8, 4) is 5.75 Å². The number of nitrogens with zero attached hydrogens (tertiary/aromatic N) is 3. The van der Waals surface area contributed by atoms with Crippen LogP contribution < -0.4 is 9.64 Å². The number of aldehydes is 1. The van der Waals surface area contributed by atoms with Crippen LogP contribution in [0.5, 0.6) is 5.75 Å². The summed E-state index contributed by atoms with van der Waals surface area (Å²) in [5, 5.41) is 0.703. The number of rotatable bonds is 4. The van der Waals surface area contributed by atoms with Crippen molar-refractivity contribution in [1.82, 2.24) is 9.97 Å². The molecule has 0 N–H and O–H groups in total. The molecule has 0 bridgehead atoms. The summed E-state index contributed by atoms with van der Waals surface area (Å²) in [4.78, 5) is 21.3. The number of anilines is 1. The zero-order valence-electron chi connectivity index (χ0n) is 12.0. The standard InChI is InChI=1S/C16H16ClN3O2/c17-12-1-3-14(4-2-12)22-15-6-9-20(10-7-15)16-18-8-5-13(11-21)19-16/h1-5,8,11,15H,6-7,9-10H2. The molecule has 0 aliphatic carbocycles. The van der Waals surface area contributed by atoms with Crippen LogP contribution in [0.4, 0.5) is 5.95 Å². The second-order valence-electron chi connectivity index (χ2n) is 5.16. The Hall–Kier alpha value is -2.14. The summed E-state index contributed by atoms with van der Waals surface area (Å²) in [5.41, 5.74) is 0.407. The molecule has 5 nitrogen and oxygen atoms in total. The number of carbonyl (C=O) groups excluding carboxylic acids is 1. The first-order chi connectivity index (χ1) is 10.7. The molecular weight excluding hydrogens is 302 g/mol. The van der Waals surface area contributed by atoms with Gasteiger partial charge in [-0.3, -0.25) is 4.79 Å². The molecule has 1 aliphatic rings. The predicted molar refractivity (Wildman–Crippen MR) is 84.7 cm³/mol. The maximum Gasteiger partial charge on any atom is 0.225 e. The minimum absolute atomic E-state index is 0.173. The van der Waals surface area contributed by atoms with Gasteiger partial charge in [-0.05, 0) is 30.3 Å². The second kappa shape index (κ2) is 6.75. The van der Waals surface area contributed by atoms with E-state index in [0.717, 1.165) is 38.0 Å². The topological polar surface area (TPSA) is 55.3 Å². The Morgan fingerprint density at radius 1 is 1.18 bits per heavy atom. The molecule has 0 radical (unpaired) electrons. The number of benzene rings is 1. The van der Waals surface area contributed by atoms with Gasteiger partial charge in [0.05, 0.1) is 0 Å². The van der Waals surface area contributed by atoms with Gasteiger partial charge in [0, 0.05) is 37.2 Å². The highest BCUT2D eigenvalue weighted by atomic mass is 35.5. The van der Waals surface area contributed by atoms with Crippen molar-refractivity contribution >= 4 is 23.8 Å². The van der Waals surface area contributed by atoms with Crippen LogP contribution in [-0.4, -0.2) is 35.4 Å². The van der Waals surface area contributed by atoms with E-state index in [4.69, 9.17) is 16.3 Å².